The molecule has 0 unspecified atom stereocenters. The number of hydrogen-bond acceptors (Lipinski definition) is 3. The van der Waals surface area contributed by atoms with Crippen LogP contribution >= 0.6 is 0 Å². The topological polar surface area (TPSA) is 78.5 Å². The van der Waals surface area contributed by atoms with Crippen LogP contribution in [0, 0.1) is 0 Å². The van der Waals surface area contributed by atoms with E-state index < -0.39 is 29.7 Å². The Morgan fingerprint density at radius 1 is 1.44 bits per heavy atom. The maximum Gasteiger partial charge on any atom is 0.440 e. The lowest BCUT2D eigenvalue weighted by Gasteiger charge is -2.29. The largest absolute Gasteiger partial charge is 0.440 e. The Morgan fingerprint density at radius 3 is 2.33 bits per heavy atom. The molecule has 1 aliphatic rings. The van der Waals surface area contributed by atoms with Gasteiger partial charge in [0.1, 0.15) is 0 Å². The Balaban J connectivity index is 3.10. The van der Waals surface area contributed by atoms with Crippen molar-refractivity contribution in [2.75, 3.05) is 7.05 Å². The molecule has 18 heavy (non-hydrogen) atoms. The quantitative estimate of drug-likeness (QED) is 0.724. The van der Waals surface area contributed by atoms with Crippen LogP contribution in [0.2, 0.25) is 0 Å². The third-order valence-electron chi connectivity index (χ3n) is 2.45. The molecule has 1 fully saturated rings. The predicted molar refractivity (Wildman–Crippen MR) is 53.1 cm³/mol. The van der Waals surface area contributed by atoms with Crippen molar-refractivity contribution in [3.8, 4) is 0 Å². The maximum atomic E-state index is 12.9. The summed E-state index contributed by atoms with van der Waals surface area (Å²) >= 11 is 0. The second-order valence-corrected chi connectivity index (χ2v) is 3.84. The third kappa shape index (κ3) is 2.12. The number of carbonyl (C=O) groups is 3. The van der Waals surface area contributed by atoms with Crippen molar-refractivity contribution in [1.82, 2.24) is 15.5 Å². The van der Waals surface area contributed by atoms with Crippen LogP contribution in [0.5, 0.6) is 0 Å². The molecule has 1 heterocycles. The summed E-state index contributed by atoms with van der Waals surface area (Å²) in [5.74, 6) is -2.51. The van der Waals surface area contributed by atoms with Crippen LogP contribution < -0.4 is 10.6 Å². The minimum Gasteiger partial charge on any atom is -0.318 e. The van der Waals surface area contributed by atoms with E-state index in [4.69, 9.17) is 0 Å². The standard InChI is InChI=1S/C9H12F3N3O3/c1-3-4-5(16)13-8(9(10,11)12)6(17)15(2)7(18)14-8/h3-4H2,1-2H3,(H,13,16)(H,14,18)/t8-/m0/s1. The molecule has 102 valence electrons. The van der Waals surface area contributed by atoms with E-state index in [0.717, 1.165) is 7.05 Å². The molecule has 0 radical (unpaired) electrons. The molecular formula is C9H12F3N3O3. The number of carbonyl (C=O) groups excluding carboxylic acids is 3. The molecule has 1 atom stereocenters. The molecule has 2 N–H and O–H groups in total. The van der Waals surface area contributed by atoms with Gasteiger partial charge in [0.05, 0.1) is 0 Å². The molecule has 0 aromatic heterocycles. The monoisotopic (exact) mass is 267 g/mol. The van der Waals surface area contributed by atoms with Crippen molar-refractivity contribution in [2.24, 2.45) is 0 Å². The number of rotatable bonds is 3. The van der Waals surface area contributed by atoms with E-state index in [2.05, 4.69) is 0 Å². The van der Waals surface area contributed by atoms with E-state index in [9.17, 15) is 27.6 Å². The Kier molecular flexibility index (Phi) is 3.54. The first-order valence-electron chi connectivity index (χ1n) is 5.13. The van der Waals surface area contributed by atoms with E-state index in [1.165, 1.54) is 5.32 Å². The molecule has 0 aromatic rings. The van der Waals surface area contributed by atoms with Crippen LogP contribution in [-0.2, 0) is 9.59 Å². The van der Waals surface area contributed by atoms with Crippen molar-refractivity contribution in [3.63, 3.8) is 0 Å². The van der Waals surface area contributed by atoms with Gasteiger partial charge in [-0.2, -0.15) is 13.2 Å². The molecule has 1 aliphatic heterocycles. The van der Waals surface area contributed by atoms with Gasteiger partial charge in [-0.3, -0.25) is 19.8 Å². The summed E-state index contributed by atoms with van der Waals surface area (Å²) in [7, 11) is 0.900. The van der Waals surface area contributed by atoms with Crippen molar-refractivity contribution in [3.05, 3.63) is 0 Å². The lowest BCUT2D eigenvalue weighted by molar-refractivity contribution is -0.203. The first-order chi connectivity index (χ1) is 8.15. The second-order valence-electron chi connectivity index (χ2n) is 3.84. The molecular weight excluding hydrogens is 255 g/mol. The number of hydrogen-bond donors (Lipinski definition) is 2. The van der Waals surface area contributed by atoms with Crippen LogP contribution in [0.25, 0.3) is 0 Å². The highest BCUT2D eigenvalue weighted by Gasteiger charge is 2.68. The van der Waals surface area contributed by atoms with Gasteiger partial charge in [-0.05, 0) is 6.42 Å². The molecule has 1 saturated heterocycles. The van der Waals surface area contributed by atoms with Gasteiger partial charge in [-0.15, -0.1) is 0 Å². The number of nitrogens with zero attached hydrogens (tertiary/aromatic N) is 1. The summed E-state index contributed by atoms with van der Waals surface area (Å²) in [5, 5.41) is 3.03. The van der Waals surface area contributed by atoms with Gasteiger partial charge >= 0.3 is 12.2 Å². The summed E-state index contributed by atoms with van der Waals surface area (Å²) in [5.41, 5.74) is -3.36. The number of imide groups is 1. The van der Waals surface area contributed by atoms with Gasteiger partial charge in [0, 0.05) is 13.5 Å². The minimum atomic E-state index is -5.12. The van der Waals surface area contributed by atoms with E-state index in [-0.39, 0.29) is 11.3 Å². The van der Waals surface area contributed by atoms with Crippen molar-refractivity contribution >= 4 is 17.8 Å². The predicted octanol–water partition coefficient (Wildman–Crippen LogP) is 0.343. The number of likely N-dealkylation sites (N-methyl/N-ethyl adjacent to an activating group) is 1. The smallest absolute Gasteiger partial charge is 0.318 e. The number of halogens is 3. The molecule has 0 saturated carbocycles. The van der Waals surface area contributed by atoms with Gasteiger partial charge in [-0.1, -0.05) is 6.92 Å². The first kappa shape index (κ1) is 14.3. The van der Waals surface area contributed by atoms with Gasteiger partial charge in [-0.25, -0.2) is 4.79 Å². The van der Waals surface area contributed by atoms with Crippen LogP contribution in [-0.4, -0.2) is 41.6 Å². The highest BCUT2D eigenvalue weighted by molar-refractivity contribution is 6.08. The average molecular weight is 267 g/mol. The third-order valence-corrected chi connectivity index (χ3v) is 2.45. The summed E-state index contributed by atoms with van der Waals surface area (Å²) in [4.78, 5) is 34.2. The Morgan fingerprint density at radius 2 is 2.00 bits per heavy atom. The zero-order valence-corrected chi connectivity index (χ0v) is 9.72. The summed E-state index contributed by atoms with van der Waals surface area (Å²) in [6.07, 6.45) is -4.98. The fourth-order valence-corrected chi connectivity index (χ4v) is 1.49. The summed E-state index contributed by atoms with van der Waals surface area (Å²) in [6, 6.07) is -1.21. The van der Waals surface area contributed by atoms with Crippen molar-refractivity contribution in [1.29, 1.82) is 0 Å². The van der Waals surface area contributed by atoms with E-state index >= 15 is 0 Å². The lowest BCUT2D eigenvalue weighted by Crippen LogP contribution is -2.69. The zero-order chi connectivity index (χ0) is 14.1. The summed E-state index contributed by atoms with van der Waals surface area (Å²) in [6.45, 7) is 1.60. The van der Waals surface area contributed by atoms with E-state index in [1.807, 2.05) is 0 Å². The number of alkyl halides is 3. The normalized spacial score (nSPS) is 24.2. The molecule has 0 aliphatic carbocycles. The fourth-order valence-electron chi connectivity index (χ4n) is 1.49. The minimum absolute atomic E-state index is 0.176. The van der Waals surface area contributed by atoms with Crippen LogP contribution in [0.4, 0.5) is 18.0 Å². The Bertz CT molecular complexity index is 396. The SMILES string of the molecule is CCCC(=O)N[C@]1(C(F)(F)F)NC(=O)N(C)C1=O. The molecule has 0 spiro atoms. The fraction of sp³-hybridized carbons (Fsp3) is 0.667. The molecule has 4 amide bonds. The van der Waals surface area contributed by atoms with Gasteiger partial charge < -0.3 is 5.32 Å². The lowest BCUT2D eigenvalue weighted by atomic mass is 10.1. The second kappa shape index (κ2) is 4.46. The highest BCUT2D eigenvalue weighted by atomic mass is 19.4. The van der Waals surface area contributed by atoms with Crippen LogP contribution in [0.3, 0.4) is 0 Å². The van der Waals surface area contributed by atoms with Crippen molar-refractivity contribution < 1.29 is 27.6 Å². The number of amides is 4. The Labute approximate surface area is 100 Å². The van der Waals surface area contributed by atoms with Crippen molar-refractivity contribution in [2.45, 2.75) is 31.6 Å². The number of nitrogens with one attached hydrogen (secondary N) is 2. The average Bonchev–Trinajstić information content (AvgIpc) is 2.43. The van der Waals surface area contributed by atoms with Gasteiger partial charge in [0.15, 0.2) is 0 Å². The molecule has 6 nitrogen and oxygen atoms in total. The molecule has 0 aromatic carbocycles. The maximum absolute atomic E-state index is 12.9. The molecule has 9 heteroatoms. The van der Waals surface area contributed by atoms with E-state index in [0.29, 0.717) is 6.42 Å². The molecule has 1 rings (SSSR count). The number of urea groups is 1. The van der Waals surface area contributed by atoms with E-state index in [1.54, 1.807) is 12.2 Å². The highest BCUT2D eigenvalue weighted by Crippen LogP contribution is 2.33. The first-order valence-corrected chi connectivity index (χ1v) is 5.13. The van der Waals surface area contributed by atoms with Gasteiger partial charge in [0.25, 0.3) is 11.6 Å². The Hall–Kier alpha value is -1.80. The van der Waals surface area contributed by atoms with Gasteiger partial charge in [0.2, 0.25) is 5.91 Å². The van der Waals surface area contributed by atoms with Crippen LogP contribution in [0.1, 0.15) is 19.8 Å². The molecule has 0 bridgehead atoms. The summed E-state index contributed by atoms with van der Waals surface area (Å²) < 4.78 is 38.8. The zero-order valence-electron chi connectivity index (χ0n) is 9.72. The van der Waals surface area contributed by atoms with Crippen LogP contribution in [0.15, 0.2) is 0 Å².